The van der Waals surface area contributed by atoms with Gasteiger partial charge < -0.3 is 5.11 Å². The standard InChI is InChI=1S/C20H20O2/c1-20(2)11-3-4-16-9-7-14(12-17(16)20)5-6-15-8-10-18(21)19(22)13-15/h7-9,12-13,22H,3-4,10-11H2,1-2H3. The lowest BCUT2D eigenvalue weighted by Gasteiger charge is -2.32. The summed E-state index contributed by atoms with van der Waals surface area (Å²) in [6.45, 7) is 4.58. The zero-order chi connectivity index (χ0) is 15.7. The number of hydrogen-bond donors (Lipinski definition) is 1. The van der Waals surface area contributed by atoms with Gasteiger partial charge in [0.05, 0.1) is 0 Å². The average Bonchev–Trinajstić information content (AvgIpc) is 2.48. The molecule has 1 aromatic carbocycles. The van der Waals surface area contributed by atoms with Crippen LogP contribution in [0.15, 0.2) is 41.7 Å². The van der Waals surface area contributed by atoms with E-state index in [4.69, 9.17) is 0 Å². The highest BCUT2D eigenvalue weighted by atomic mass is 16.3. The summed E-state index contributed by atoms with van der Waals surface area (Å²) in [6, 6.07) is 6.44. The summed E-state index contributed by atoms with van der Waals surface area (Å²) in [5, 5.41) is 9.47. The molecule has 2 nitrogen and oxygen atoms in total. The maximum absolute atomic E-state index is 11.2. The molecule has 2 heteroatoms. The lowest BCUT2D eigenvalue weighted by Crippen LogP contribution is -2.23. The van der Waals surface area contributed by atoms with Crippen LogP contribution in [0.1, 0.15) is 49.8 Å². The van der Waals surface area contributed by atoms with E-state index in [-0.39, 0.29) is 23.4 Å². The van der Waals surface area contributed by atoms with E-state index in [1.54, 1.807) is 6.08 Å². The van der Waals surface area contributed by atoms with Crippen LogP contribution in [0.5, 0.6) is 0 Å². The molecule has 0 saturated heterocycles. The number of carbonyl (C=O) groups is 1. The first-order chi connectivity index (χ1) is 10.5. The Kier molecular flexibility index (Phi) is 3.66. The van der Waals surface area contributed by atoms with Gasteiger partial charge in [-0.3, -0.25) is 4.79 Å². The Morgan fingerprint density at radius 1 is 1.23 bits per heavy atom. The van der Waals surface area contributed by atoms with Crippen LogP contribution >= 0.6 is 0 Å². The van der Waals surface area contributed by atoms with Crippen molar-refractivity contribution < 1.29 is 9.90 Å². The number of aryl methyl sites for hydroxylation is 1. The van der Waals surface area contributed by atoms with Crippen LogP contribution < -0.4 is 0 Å². The summed E-state index contributed by atoms with van der Waals surface area (Å²) in [7, 11) is 0. The van der Waals surface area contributed by atoms with Crippen LogP contribution in [0.25, 0.3) is 0 Å². The molecule has 2 aliphatic rings. The molecule has 0 saturated carbocycles. The number of benzene rings is 1. The maximum Gasteiger partial charge on any atom is 0.200 e. The second kappa shape index (κ2) is 5.50. The minimum atomic E-state index is -0.249. The Balaban J connectivity index is 1.90. The highest BCUT2D eigenvalue weighted by molar-refractivity contribution is 5.96. The number of ketones is 1. The van der Waals surface area contributed by atoms with Crippen LogP contribution in [-0.4, -0.2) is 10.9 Å². The van der Waals surface area contributed by atoms with Crippen molar-refractivity contribution in [3.63, 3.8) is 0 Å². The predicted molar refractivity (Wildman–Crippen MR) is 87.7 cm³/mol. The summed E-state index contributed by atoms with van der Waals surface area (Å²) in [5.41, 5.74) is 4.73. The summed E-state index contributed by atoms with van der Waals surface area (Å²) in [4.78, 5) is 11.2. The van der Waals surface area contributed by atoms with Crippen LogP contribution in [0.4, 0.5) is 0 Å². The molecule has 2 aliphatic carbocycles. The number of allylic oxidation sites excluding steroid dienone is 4. The van der Waals surface area contributed by atoms with Crippen molar-refractivity contribution in [2.75, 3.05) is 0 Å². The molecular weight excluding hydrogens is 272 g/mol. The van der Waals surface area contributed by atoms with Gasteiger partial charge in [0.25, 0.3) is 0 Å². The van der Waals surface area contributed by atoms with E-state index in [1.165, 1.54) is 30.0 Å². The fourth-order valence-corrected chi connectivity index (χ4v) is 3.18. The summed E-state index contributed by atoms with van der Waals surface area (Å²) < 4.78 is 0. The quantitative estimate of drug-likeness (QED) is 0.734. The van der Waals surface area contributed by atoms with Crippen LogP contribution in [-0.2, 0) is 16.6 Å². The highest BCUT2D eigenvalue weighted by Gasteiger charge is 2.27. The maximum atomic E-state index is 11.2. The third kappa shape index (κ3) is 2.85. The van der Waals surface area contributed by atoms with Crippen molar-refractivity contribution in [3.8, 4) is 11.8 Å². The second-order valence-electron chi connectivity index (χ2n) is 6.68. The Bertz CT molecular complexity index is 752. The van der Waals surface area contributed by atoms with Crippen molar-refractivity contribution in [1.29, 1.82) is 0 Å². The molecule has 1 N–H and O–H groups in total. The second-order valence-corrected chi connectivity index (χ2v) is 6.68. The van der Waals surface area contributed by atoms with Crippen LogP contribution in [0.3, 0.4) is 0 Å². The zero-order valence-electron chi connectivity index (χ0n) is 13.1. The smallest absolute Gasteiger partial charge is 0.200 e. The minimum Gasteiger partial charge on any atom is -0.504 e. The number of hydrogen-bond acceptors (Lipinski definition) is 2. The number of aliphatic hydroxyl groups is 1. The first-order valence-corrected chi connectivity index (χ1v) is 7.75. The average molecular weight is 292 g/mol. The van der Waals surface area contributed by atoms with Gasteiger partial charge in [-0.2, -0.15) is 0 Å². The first-order valence-electron chi connectivity index (χ1n) is 7.75. The van der Waals surface area contributed by atoms with Crippen molar-refractivity contribution in [2.24, 2.45) is 0 Å². The van der Waals surface area contributed by atoms with Gasteiger partial charge in [-0.1, -0.05) is 37.8 Å². The van der Waals surface area contributed by atoms with E-state index >= 15 is 0 Å². The molecule has 0 aromatic heterocycles. The van der Waals surface area contributed by atoms with Crippen LogP contribution in [0, 0.1) is 11.8 Å². The topological polar surface area (TPSA) is 37.3 Å². The van der Waals surface area contributed by atoms with Gasteiger partial charge in [0.1, 0.15) is 0 Å². The van der Waals surface area contributed by atoms with Crippen molar-refractivity contribution >= 4 is 5.78 Å². The number of fused-ring (bicyclic) bond motifs is 1. The Hall–Kier alpha value is -2.27. The summed E-state index contributed by atoms with van der Waals surface area (Å²) in [6.07, 6.45) is 7.04. The first kappa shape index (κ1) is 14.7. The fourth-order valence-electron chi connectivity index (χ4n) is 3.18. The van der Waals surface area contributed by atoms with E-state index in [0.29, 0.717) is 5.57 Å². The lowest BCUT2D eigenvalue weighted by atomic mass is 9.72. The van der Waals surface area contributed by atoms with E-state index in [2.05, 4.69) is 43.9 Å². The Morgan fingerprint density at radius 2 is 2.05 bits per heavy atom. The Morgan fingerprint density at radius 3 is 2.82 bits per heavy atom. The van der Waals surface area contributed by atoms with Gasteiger partial charge in [0.15, 0.2) is 5.76 Å². The van der Waals surface area contributed by atoms with Crippen molar-refractivity contribution in [3.05, 3.63) is 58.4 Å². The molecule has 0 heterocycles. The molecule has 0 fully saturated rings. The number of carbonyl (C=O) groups excluding carboxylic acids is 1. The van der Waals surface area contributed by atoms with Crippen molar-refractivity contribution in [2.45, 2.75) is 44.9 Å². The zero-order valence-corrected chi connectivity index (χ0v) is 13.1. The number of aliphatic hydroxyl groups excluding tert-OH is 1. The number of Topliss-reactive ketones (excluding diaryl/α,β-unsaturated/α-hetero) is 1. The summed E-state index contributed by atoms with van der Waals surface area (Å²) >= 11 is 0. The molecule has 0 unspecified atom stereocenters. The largest absolute Gasteiger partial charge is 0.504 e. The Labute approximate surface area is 131 Å². The predicted octanol–water partition coefficient (Wildman–Crippen LogP) is 3.99. The molecular formula is C20H20O2. The van der Waals surface area contributed by atoms with E-state index in [9.17, 15) is 9.90 Å². The monoisotopic (exact) mass is 292 g/mol. The molecule has 0 amide bonds. The lowest BCUT2D eigenvalue weighted by molar-refractivity contribution is -0.117. The SMILES string of the molecule is CC1(C)CCCc2ccc(C#CC3=CCC(=O)C(O)=C3)cc21. The third-order valence-corrected chi connectivity index (χ3v) is 4.52. The van der Waals surface area contributed by atoms with Gasteiger partial charge in [0, 0.05) is 17.6 Å². The highest BCUT2D eigenvalue weighted by Crippen LogP contribution is 2.36. The molecule has 22 heavy (non-hydrogen) atoms. The van der Waals surface area contributed by atoms with E-state index in [0.717, 1.165) is 12.0 Å². The van der Waals surface area contributed by atoms with Gasteiger partial charge in [-0.25, -0.2) is 0 Å². The van der Waals surface area contributed by atoms with Gasteiger partial charge in [-0.05, 0) is 54.0 Å². The molecule has 0 bridgehead atoms. The van der Waals surface area contributed by atoms with Crippen molar-refractivity contribution in [1.82, 2.24) is 0 Å². The van der Waals surface area contributed by atoms with Gasteiger partial charge in [-0.15, -0.1) is 0 Å². The van der Waals surface area contributed by atoms with Gasteiger partial charge >= 0.3 is 0 Å². The molecule has 0 spiro atoms. The molecule has 0 aliphatic heterocycles. The summed E-state index contributed by atoms with van der Waals surface area (Å²) in [5.74, 6) is 5.75. The molecule has 3 rings (SSSR count). The van der Waals surface area contributed by atoms with E-state index in [1.807, 2.05) is 0 Å². The normalized spacial score (nSPS) is 19.5. The van der Waals surface area contributed by atoms with Gasteiger partial charge in [0.2, 0.25) is 5.78 Å². The minimum absolute atomic E-state index is 0.196. The van der Waals surface area contributed by atoms with E-state index < -0.39 is 0 Å². The van der Waals surface area contributed by atoms with Crippen LogP contribution in [0.2, 0.25) is 0 Å². The molecule has 0 radical (unpaired) electrons. The third-order valence-electron chi connectivity index (χ3n) is 4.52. The molecule has 1 aromatic rings. The molecule has 112 valence electrons. The molecule has 0 atom stereocenters. The number of rotatable bonds is 0. The fraction of sp³-hybridized carbons (Fsp3) is 0.350.